The molecule has 0 aliphatic rings. The van der Waals surface area contributed by atoms with Crippen LogP contribution in [-0.4, -0.2) is 0 Å². The second kappa shape index (κ2) is 2.88. The van der Waals surface area contributed by atoms with Gasteiger partial charge in [0, 0.05) is 18.5 Å². The zero-order chi connectivity index (χ0) is 8.72. The first-order valence-electron chi connectivity index (χ1n) is 3.62. The highest BCUT2D eigenvalue weighted by Crippen LogP contribution is 2.32. The van der Waals surface area contributed by atoms with E-state index in [0.29, 0.717) is 0 Å². The molecule has 0 saturated heterocycles. The lowest BCUT2D eigenvalue weighted by Gasteiger charge is -1.97. The summed E-state index contributed by atoms with van der Waals surface area (Å²) >= 11 is 4.05. The molecule has 0 aliphatic heterocycles. The first-order valence-corrected chi connectivity index (χ1v) is 5.52. The van der Waals surface area contributed by atoms with Crippen molar-refractivity contribution in [2.45, 2.75) is 6.92 Å². The molecule has 0 spiro atoms. The van der Waals surface area contributed by atoms with Crippen molar-refractivity contribution in [2.24, 2.45) is 0 Å². The molecule has 2 rings (SSSR count). The quantitative estimate of drug-likeness (QED) is 0.584. The first-order chi connectivity index (χ1) is 5.68. The average molecular weight is 289 g/mol. The maximum absolute atomic E-state index is 5.93. The lowest BCUT2D eigenvalue weighted by molar-refractivity contribution is 1.65. The van der Waals surface area contributed by atoms with Gasteiger partial charge in [0.25, 0.3) is 0 Å². The van der Waals surface area contributed by atoms with Gasteiger partial charge in [-0.25, -0.2) is 0 Å². The van der Waals surface area contributed by atoms with Gasteiger partial charge >= 0.3 is 0 Å². The fraction of sp³-hybridized carbons (Fsp3) is 0.111. The molecule has 1 nitrogen and oxygen atoms in total. The summed E-state index contributed by atoms with van der Waals surface area (Å²) in [5.41, 5.74) is 6.85. The summed E-state index contributed by atoms with van der Waals surface area (Å²) in [5.74, 6) is 0. The Hall–Kier alpha value is -0.290. The van der Waals surface area contributed by atoms with E-state index in [2.05, 4.69) is 47.7 Å². The maximum Gasteiger partial charge on any atom is 0.0538 e. The lowest BCUT2D eigenvalue weighted by Crippen LogP contribution is -1.88. The molecule has 0 fully saturated rings. The molecule has 62 valence electrons. The van der Waals surface area contributed by atoms with Crippen molar-refractivity contribution < 1.29 is 0 Å². The normalized spacial score (nSPS) is 10.8. The standard InChI is InChI=1S/C9H8INS/c1-5-4-6-8(12-5)3-2-7(10)9(6)11/h2-4H,11H2,1H3. The smallest absolute Gasteiger partial charge is 0.0538 e. The topological polar surface area (TPSA) is 26.0 Å². The maximum atomic E-state index is 5.93. The number of rotatable bonds is 0. The molecule has 0 bridgehead atoms. The molecule has 1 aromatic heterocycles. The third kappa shape index (κ3) is 1.21. The van der Waals surface area contributed by atoms with Gasteiger partial charge in [0.1, 0.15) is 0 Å². The molecule has 3 heteroatoms. The largest absolute Gasteiger partial charge is 0.397 e. The molecular weight excluding hydrogens is 281 g/mol. The SMILES string of the molecule is Cc1cc2c(N)c(I)ccc2s1. The van der Waals surface area contributed by atoms with Gasteiger partial charge in [-0.1, -0.05) is 0 Å². The Morgan fingerprint density at radius 1 is 1.42 bits per heavy atom. The van der Waals surface area contributed by atoms with Crippen molar-refractivity contribution in [2.75, 3.05) is 5.73 Å². The zero-order valence-corrected chi connectivity index (χ0v) is 9.57. The van der Waals surface area contributed by atoms with Gasteiger partial charge in [-0.05, 0) is 47.7 Å². The molecule has 0 atom stereocenters. The Bertz CT molecular complexity index is 433. The van der Waals surface area contributed by atoms with Crippen LogP contribution in [0.4, 0.5) is 5.69 Å². The third-order valence-corrected chi connectivity index (χ3v) is 3.77. The van der Waals surface area contributed by atoms with Crippen LogP contribution in [0.2, 0.25) is 0 Å². The van der Waals surface area contributed by atoms with E-state index in [1.54, 1.807) is 11.3 Å². The number of fused-ring (bicyclic) bond motifs is 1. The van der Waals surface area contributed by atoms with Gasteiger partial charge in [0.15, 0.2) is 0 Å². The van der Waals surface area contributed by atoms with Gasteiger partial charge in [-0.3, -0.25) is 0 Å². The van der Waals surface area contributed by atoms with E-state index >= 15 is 0 Å². The van der Waals surface area contributed by atoms with Crippen LogP contribution in [0, 0.1) is 10.5 Å². The summed E-state index contributed by atoms with van der Waals surface area (Å²) in [5, 5.41) is 1.20. The van der Waals surface area contributed by atoms with Crippen molar-refractivity contribution in [1.82, 2.24) is 0 Å². The van der Waals surface area contributed by atoms with Crippen LogP contribution >= 0.6 is 33.9 Å². The highest BCUT2D eigenvalue weighted by atomic mass is 127. The van der Waals surface area contributed by atoms with Gasteiger partial charge in [0.2, 0.25) is 0 Å². The average Bonchev–Trinajstić information content (AvgIpc) is 2.39. The fourth-order valence-electron chi connectivity index (χ4n) is 1.23. The van der Waals surface area contributed by atoms with Gasteiger partial charge < -0.3 is 5.73 Å². The lowest BCUT2D eigenvalue weighted by atomic mass is 10.2. The van der Waals surface area contributed by atoms with E-state index in [4.69, 9.17) is 5.73 Å². The van der Waals surface area contributed by atoms with Crippen LogP contribution in [-0.2, 0) is 0 Å². The molecular formula is C9H8INS. The Balaban J connectivity index is 2.89. The van der Waals surface area contributed by atoms with Gasteiger partial charge in [0.05, 0.1) is 5.69 Å². The van der Waals surface area contributed by atoms with E-state index in [0.717, 1.165) is 9.26 Å². The molecule has 12 heavy (non-hydrogen) atoms. The molecule has 1 aromatic carbocycles. The Morgan fingerprint density at radius 3 is 2.92 bits per heavy atom. The van der Waals surface area contributed by atoms with Crippen LogP contribution in [0.5, 0.6) is 0 Å². The number of nitrogen functional groups attached to an aromatic ring is 1. The van der Waals surface area contributed by atoms with Crippen molar-refractivity contribution in [1.29, 1.82) is 0 Å². The molecule has 2 N–H and O–H groups in total. The number of nitrogens with two attached hydrogens (primary N) is 1. The summed E-state index contributed by atoms with van der Waals surface area (Å²) in [6.07, 6.45) is 0. The summed E-state index contributed by atoms with van der Waals surface area (Å²) in [7, 11) is 0. The van der Waals surface area contributed by atoms with Gasteiger partial charge in [-0.15, -0.1) is 11.3 Å². The first kappa shape index (κ1) is 8.31. The van der Waals surface area contributed by atoms with E-state index in [9.17, 15) is 0 Å². The van der Waals surface area contributed by atoms with E-state index in [1.165, 1.54) is 15.0 Å². The fourth-order valence-corrected chi connectivity index (χ4v) is 2.64. The molecule has 0 amide bonds. The Labute approximate surface area is 88.7 Å². The zero-order valence-electron chi connectivity index (χ0n) is 6.60. The summed E-state index contributed by atoms with van der Waals surface area (Å²) in [6.45, 7) is 2.11. The monoisotopic (exact) mass is 289 g/mol. The van der Waals surface area contributed by atoms with Crippen LogP contribution in [0.3, 0.4) is 0 Å². The number of benzene rings is 1. The van der Waals surface area contributed by atoms with E-state index < -0.39 is 0 Å². The third-order valence-electron chi connectivity index (χ3n) is 1.81. The molecule has 2 aromatic rings. The minimum Gasteiger partial charge on any atom is -0.397 e. The predicted molar refractivity (Wildman–Crippen MR) is 63.7 cm³/mol. The summed E-state index contributed by atoms with van der Waals surface area (Å²) in [6, 6.07) is 6.34. The van der Waals surface area contributed by atoms with Crippen LogP contribution in [0.25, 0.3) is 10.1 Å². The molecule has 0 aliphatic carbocycles. The van der Waals surface area contributed by atoms with Crippen molar-refractivity contribution >= 4 is 49.7 Å². The molecule has 0 saturated carbocycles. The van der Waals surface area contributed by atoms with Crippen LogP contribution < -0.4 is 5.73 Å². The highest BCUT2D eigenvalue weighted by Gasteiger charge is 2.04. The summed E-state index contributed by atoms with van der Waals surface area (Å²) in [4.78, 5) is 1.32. The number of thiophene rings is 1. The van der Waals surface area contributed by atoms with Crippen LogP contribution in [0.15, 0.2) is 18.2 Å². The number of hydrogen-bond donors (Lipinski definition) is 1. The Kier molecular flexibility index (Phi) is 2.00. The summed E-state index contributed by atoms with van der Waals surface area (Å²) < 4.78 is 2.42. The minimum atomic E-state index is 0.914. The number of halogens is 1. The molecule has 0 radical (unpaired) electrons. The second-order valence-electron chi connectivity index (χ2n) is 2.73. The van der Waals surface area contributed by atoms with Gasteiger partial charge in [-0.2, -0.15) is 0 Å². The van der Waals surface area contributed by atoms with Crippen LogP contribution in [0.1, 0.15) is 4.88 Å². The molecule has 1 heterocycles. The Morgan fingerprint density at radius 2 is 2.17 bits per heavy atom. The highest BCUT2D eigenvalue weighted by molar-refractivity contribution is 14.1. The predicted octanol–water partition coefficient (Wildman–Crippen LogP) is 3.40. The number of aryl methyl sites for hydroxylation is 1. The van der Waals surface area contributed by atoms with Crippen molar-refractivity contribution in [3.63, 3.8) is 0 Å². The number of hydrogen-bond acceptors (Lipinski definition) is 2. The second-order valence-corrected chi connectivity index (χ2v) is 5.18. The van der Waals surface area contributed by atoms with E-state index in [1.807, 2.05) is 0 Å². The van der Waals surface area contributed by atoms with E-state index in [-0.39, 0.29) is 0 Å². The molecule has 0 unspecified atom stereocenters. The van der Waals surface area contributed by atoms with Crippen molar-refractivity contribution in [3.05, 3.63) is 26.6 Å². The minimum absolute atomic E-state index is 0.914. The van der Waals surface area contributed by atoms with Crippen molar-refractivity contribution in [3.8, 4) is 0 Å². The number of anilines is 1.